The van der Waals surface area contributed by atoms with Gasteiger partial charge in [0.05, 0.1) is 6.54 Å². The topological polar surface area (TPSA) is 41.6 Å². The summed E-state index contributed by atoms with van der Waals surface area (Å²) < 4.78 is 5.75. The Hall–Kier alpha value is -2.04. The zero-order valence-electron chi connectivity index (χ0n) is 14.3. The van der Waals surface area contributed by atoms with Gasteiger partial charge in [0.25, 0.3) is 0 Å². The zero-order chi connectivity index (χ0) is 16.6. The van der Waals surface area contributed by atoms with Crippen LogP contribution in [0.15, 0.2) is 54.6 Å². The van der Waals surface area contributed by atoms with Crippen LogP contribution in [-0.4, -0.2) is 30.4 Å². The van der Waals surface area contributed by atoms with Gasteiger partial charge < -0.3 is 10.1 Å². The van der Waals surface area contributed by atoms with Crippen molar-refractivity contribution in [3.8, 4) is 11.5 Å². The minimum atomic E-state index is 0. The molecule has 1 N–H and O–H groups in total. The van der Waals surface area contributed by atoms with E-state index in [4.69, 9.17) is 4.74 Å². The first-order valence-electron chi connectivity index (χ1n) is 8.65. The van der Waals surface area contributed by atoms with E-state index in [9.17, 15) is 4.79 Å². The minimum absolute atomic E-state index is 0. The lowest BCUT2D eigenvalue weighted by molar-refractivity contribution is -0.117. The molecule has 1 aliphatic rings. The van der Waals surface area contributed by atoms with Gasteiger partial charge in [-0.3, -0.25) is 9.69 Å². The molecule has 0 aromatic heterocycles. The van der Waals surface area contributed by atoms with Crippen molar-refractivity contribution >= 4 is 24.0 Å². The van der Waals surface area contributed by atoms with Crippen LogP contribution in [0.1, 0.15) is 25.7 Å². The highest BCUT2D eigenvalue weighted by Crippen LogP contribution is 2.22. The molecule has 0 saturated carbocycles. The molecule has 1 amide bonds. The zero-order valence-corrected chi connectivity index (χ0v) is 15.1. The number of likely N-dealkylation sites (tertiary alicyclic amines) is 1. The predicted molar refractivity (Wildman–Crippen MR) is 104 cm³/mol. The first-order chi connectivity index (χ1) is 11.8. The Morgan fingerprint density at radius 1 is 0.880 bits per heavy atom. The molecule has 1 aliphatic heterocycles. The molecule has 0 aliphatic carbocycles. The van der Waals surface area contributed by atoms with Gasteiger partial charge in [0, 0.05) is 5.69 Å². The second-order valence-corrected chi connectivity index (χ2v) is 6.18. The van der Waals surface area contributed by atoms with Crippen LogP contribution in [0.2, 0.25) is 0 Å². The highest BCUT2D eigenvalue weighted by Gasteiger charge is 2.13. The fraction of sp³-hybridized carbons (Fsp3) is 0.350. The summed E-state index contributed by atoms with van der Waals surface area (Å²) in [5.41, 5.74) is 0.801. The van der Waals surface area contributed by atoms with Gasteiger partial charge in [-0.1, -0.05) is 31.0 Å². The van der Waals surface area contributed by atoms with Gasteiger partial charge in [-0.05, 0) is 62.3 Å². The summed E-state index contributed by atoms with van der Waals surface area (Å²) in [6, 6.07) is 17.1. The third-order valence-corrected chi connectivity index (χ3v) is 4.18. The van der Waals surface area contributed by atoms with Crippen LogP contribution in [0.3, 0.4) is 0 Å². The number of nitrogens with zero attached hydrogens (tertiary/aromatic N) is 1. The van der Waals surface area contributed by atoms with Crippen molar-refractivity contribution in [1.29, 1.82) is 0 Å². The standard InChI is InChI=1S/C20H24N2O2.ClH/c23-20(16-22-14-6-1-2-7-15-22)21-17-10-12-19(13-11-17)24-18-8-4-3-5-9-18;/h3-5,8-13H,1-2,6-7,14-16H2,(H,21,23);1H. The van der Waals surface area contributed by atoms with Crippen LogP contribution in [0.5, 0.6) is 11.5 Å². The Kier molecular flexibility index (Phi) is 7.76. The number of halogens is 1. The van der Waals surface area contributed by atoms with E-state index in [-0.39, 0.29) is 18.3 Å². The van der Waals surface area contributed by atoms with Crippen molar-refractivity contribution in [1.82, 2.24) is 4.90 Å². The van der Waals surface area contributed by atoms with Gasteiger partial charge in [-0.2, -0.15) is 0 Å². The lowest BCUT2D eigenvalue weighted by atomic mass is 10.2. The molecule has 25 heavy (non-hydrogen) atoms. The van der Waals surface area contributed by atoms with Gasteiger partial charge >= 0.3 is 0 Å². The van der Waals surface area contributed by atoms with E-state index in [1.54, 1.807) is 0 Å². The maximum Gasteiger partial charge on any atom is 0.238 e. The number of benzene rings is 2. The van der Waals surface area contributed by atoms with Gasteiger partial charge in [-0.25, -0.2) is 0 Å². The van der Waals surface area contributed by atoms with Crippen LogP contribution in [0.4, 0.5) is 5.69 Å². The monoisotopic (exact) mass is 360 g/mol. The quantitative estimate of drug-likeness (QED) is 0.839. The third kappa shape index (κ3) is 6.40. The van der Waals surface area contributed by atoms with Gasteiger partial charge in [-0.15, -0.1) is 12.4 Å². The minimum Gasteiger partial charge on any atom is -0.457 e. The molecule has 0 radical (unpaired) electrons. The Bertz CT molecular complexity index is 639. The number of ether oxygens (including phenoxy) is 1. The predicted octanol–water partition coefficient (Wildman–Crippen LogP) is 4.72. The van der Waals surface area contributed by atoms with E-state index in [1.165, 1.54) is 25.7 Å². The number of nitrogens with one attached hydrogen (secondary N) is 1. The number of rotatable bonds is 5. The molecule has 3 rings (SSSR count). The Balaban J connectivity index is 0.00000225. The van der Waals surface area contributed by atoms with Gasteiger partial charge in [0.15, 0.2) is 0 Å². The van der Waals surface area contributed by atoms with E-state index in [2.05, 4.69) is 10.2 Å². The molecule has 1 saturated heterocycles. The molecular weight excluding hydrogens is 336 g/mol. The van der Waals surface area contributed by atoms with Crippen molar-refractivity contribution in [2.75, 3.05) is 25.0 Å². The van der Waals surface area contributed by atoms with E-state index < -0.39 is 0 Å². The molecule has 2 aromatic rings. The molecule has 5 heteroatoms. The molecule has 1 heterocycles. The van der Waals surface area contributed by atoms with E-state index >= 15 is 0 Å². The molecule has 0 spiro atoms. The summed E-state index contributed by atoms with van der Waals surface area (Å²) >= 11 is 0. The summed E-state index contributed by atoms with van der Waals surface area (Å²) in [6.45, 7) is 2.52. The summed E-state index contributed by atoms with van der Waals surface area (Å²) in [7, 11) is 0. The molecule has 0 unspecified atom stereocenters. The van der Waals surface area contributed by atoms with Crippen LogP contribution in [0, 0.1) is 0 Å². The fourth-order valence-corrected chi connectivity index (χ4v) is 2.93. The molecule has 1 fully saturated rings. The molecule has 0 bridgehead atoms. The summed E-state index contributed by atoms with van der Waals surface area (Å²) in [5.74, 6) is 1.61. The summed E-state index contributed by atoms with van der Waals surface area (Å²) in [4.78, 5) is 14.4. The van der Waals surface area contributed by atoms with Crippen LogP contribution in [0.25, 0.3) is 0 Å². The van der Waals surface area contributed by atoms with Crippen molar-refractivity contribution < 1.29 is 9.53 Å². The summed E-state index contributed by atoms with van der Waals surface area (Å²) in [5, 5.41) is 2.96. The highest BCUT2D eigenvalue weighted by atomic mass is 35.5. The number of anilines is 1. The molecular formula is C20H25ClN2O2. The number of carbonyl (C=O) groups is 1. The lowest BCUT2D eigenvalue weighted by Crippen LogP contribution is -2.33. The molecule has 0 atom stereocenters. The van der Waals surface area contributed by atoms with E-state index in [1.807, 2.05) is 54.6 Å². The van der Waals surface area contributed by atoms with Gasteiger partial charge in [0.1, 0.15) is 11.5 Å². The van der Waals surface area contributed by atoms with Gasteiger partial charge in [0.2, 0.25) is 5.91 Å². The van der Waals surface area contributed by atoms with Crippen molar-refractivity contribution in [2.24, 2.45) is 0 Å². The first-order valence-corrected chi connectivity index (χ1v) is 8.65. The van der Waals surface area contributed by atoms with Crippen LogP contribution < -0.4 is 10.1 Å². The second-order valence-electron chi connectivity index (χ2n) is 6.18. The van der Waals surface area contributed by atoms with Crippen molar-refractivity contribution in [3.63, 3.8) is 0 Å². The average Bonchev–Trinajstić information content (AvgIpc) is 2.86. The maximum absolute atomic E-state index is 12.2. The lowest BCUT2D eigenvalue weighted by Gasteiger charge is -2.19. The highest BCUT2D eigenvalue weighted by molar-refractivity contribution is 5.92. The SMILES string of the molecule is Cl.O=C(CN1CCCCCC1)Nc1ccc(Oc2ccccc2)cc1. The Morgan fingerprint density at radius 2 is 1.48 bits per heavy atom. The second kappa shape index (κ2) is 10.1. The molecule has 2 aromatic carbocycles. The fourth-order valence-electron chi connectivity index (χ4n) is 2.93. The average molecular weight is 361 g/mol. The number of hydrogen-bond donors (Lipinski definition) is 1. The smallest absolute Gasteiger partial charge is 0.238 e. The number of para-hydroxylation sites is 1. The largest absolute Gasteiger partial charge is 0.457 e. The molecule has 134 valence electrons. The van der Waals surface area contributed by atoms with Crippen molar-refractivity contribution in [3.05, 3.63) is 54.6 Å². The third-order valence-electron chi connectivity index (χ3n) is 4.18. The first kappa shape index (κ1) is 19.3. The van der Waals surface area contributed by atoms with E-state index in [0.29, 0.717) is 6.54 Å². The van der Waals surface area contributed by atoms with Crippen molar-refractivity contribution in [2.45, 2.75) is 25.7 Å². The number of amides is 1. The number of hydrogen-bond acceptors (Lipinski definition) is 3. The Morgan fingerprint density at radius 3 is 2.12 bits per heavy atom. The maximum atomic E-state index is 12.2. The van der Waals surface area contributed by atoms with Crippen LogP contribution >= 0.6 is 12.4 Å². The van der Waals surface area contributed by atoms with E-state index in [0.717, 1.165) is 30.3 Å². The normalized spacial score (nSPS) is 14.9. The number of carbonyl (C=O) groups excluding carboxylic acids is 1. The van der Waals surface area contributed by atoms with Crippen LogP contribution in [-0.2, 0) is 4.79 Å². The molecule has 4 nitrogen and oxygen atoms in total. The Labute approximate surface area is 155 Å². The summed E-state index contributed by atoms with van der Waals surface area (Å²) in [6.07, 6.45) is 4.94.